The molecular formula is C9H16N2O3S2. The minimum Gasteiger partial charge on any atom is -0.480 e. The third-order valence-corrected chi connectivity index (χ3v) is 3.89. The van der Waals surface area contributed by atoms with Gasteiger partial charge in [0.1, 0.15) is 6.04 Å². The fourth-order valence-corrected chi connectivity index (χ4v) is 2.76. The molecule has 5 nitrogen and oxygen atoms in total. The number of carboxylic acid groups (broad SMARTS) is 1. The van der Waals surface area contributed by atoms with Gasteiger partial charge in [0.05, 0.1) is 0 Å². The Labute approximate surface area is 103 Å². The van der Waals surface area contributed by atoms with Crippen LogP contribution in [0.3, 0.4) is 0 Å². The van der Waals surface area contributed by atoms with E-state index in [1.54, 1.807) is 23.5 Å². The molecule has 0 spiro atoms. The molecule has 1 saturated heterocycles. The Morgan fingerprint density at radius 1 is 1.62 bits per heavy atom. The average molecular weight is 264 g/mol. The van der Waals surface area contributed by atoms with Crippen LogP contribution in [0, 0.1) is 0 Å². The normalized spacial score (nSPS) is 20.6. The van der Waals surface area contributed by atoms with Crippen LogP contribution in [-0.2, 0) is 4.79 Å². The zero-order valence-corrected chi connectivity index (χ0v) is 10.8. The van der Waals surface area contributed by atoms with Crippen molar-refractivity contribution in [3.63, 3.8) is 0 Å². The lowest BCUT2D eigenvalue weighted by atomic mass is 10.3. The van der Waals surface area contributed by atoms with Gasteiger partial charge in [-0.05, 0) is 6.26 Å². The van der Waals surface area contributed by atoms with Crippen molar-refractivity contribution in [1.29, 1.82) is 0 Å². The van der Waals surface area contributed by atoms with Gasteiger partial charge in [-0.25, -0.2) is 9.59 Å². The summed E-state index contributed by atoms with van der Waals surface area (Å²) in [4.78, 5) is 24.1. The van der Waals surface area contributed by atoms with Crippen LogP contribution in [0.2, 0.25) is 0 Å². The molecule has 0 saturated carbocycles. The Hall–Kier alpha value is -0.560. The Balaban J connectivity index is 2.47. The van der Waals surface area contributed by atoms with E-state index in [9.17, 15) is 9.59 Å². The van der Waals surface area contributed by atoms with Gasteiger partial charge >= 0.3 is 12.0 Å². The van der Waals surface area contributed by atoms with Gasteiger partial charge in [0, 0.05) is 30.3 Å². The summed E-state index contributed by atoms with van der Waals surface area (Å²) < 4.78 is 0. The molecule has 1 heterocycles. The number of carboxylic acids is 1. The fraction of sp³-hybridized carbons (Fsp3) is 0.778. The number of aliphatic carboxylic acids is 1. The number of nitrogens with zero attached hydrogens (tertiary/aromatic N) is 1. The van der Waals surface area contributed by atoms with Gasteiger partial charge in [0.25, 0.3) is 0 Å². The van der Waals surface area contributed by atoms with Crippen LogP contribution in [-0.4, -0.2) is 64.7 Å². The highest BCUT2D eigenvalue weighted by Gasteiger charge is 2.31. The molecule has 1 unspecified atom stereocenters. The lowest BCUT2D eigenvalue weighted by molar-refractivity contribution is -0.141. The topological polar surface area (TPSA) is 69.6 Å². The van der Waals surface area contributed by atoms with Crippen LogP contribution in [0.1, 0.15) is 0 Å². The molecule has 1 fully saturated rings. The molecule has 0 aromatic heterocycles. The molecule has 7 heteroatoms. The summed E-state index contributed by atoms with van der Waals surface area (Å²) in [5.74, 6) is 1.20. The molecule has 16 heavy (non-hydrogen) atoms. The molecular weight excluding hydrogens is 248 g/mol. The fourth-order valence-electron chi connectivity index (χ4n) is 1.41. The van der Waals surface area contributed by atoms with Crippen molar-refractivity contribution < 1.29 is 14.7 Å². The summed E-state index contributed by atoms with van der Waals surface area (Å²) in [5.41, 5.74) is 0. The molecule has 1 aliphatic heterocycles. The van der Waals surface area contributed by atoms with E-state index in [-0.39, 0.29) is 6.03 Å². The highest BCUT2D eigenvalue weighted by molar-refractivity contribution is 7.99. The van der Waals surface area contributed by atoms with E-state index < -0.39 is 12.0 Å². The van der Waals surface area contributed by atoms with Crippen LogP contribution in [0.4, 0.5) is 4.79 Å². The van der Waals surface area contributed by atoms with Gasteiger partial charge in [-0.2, -0.15) is 23.5 Å². The molecule has 2 amide bonds. The molecule has 0 aromatic rings. The number of carbonyl (C=O) groups excluding carboxylic acids is 1. The zero-order valence-electron chi connectivity index (χ0n) is 9.14. The molecule has 92 valence electrons. The molecule has 0 aliphatic carbocycles. The first-order valence-corrected chi connectivity index (χ1v) is 7.55. The lowest BCUT2D eigenvalue weighted by Gasteiger charge is -2.32. The molecule has 1 rings (SSSR count). The molecule has 1 atom stereocenters. The number of amides is 2. The number of urea groups is 1. The Morgan fingerprint density at radius 3 is 3.00 bits per heavy atom. The zero-order chi connectivity index (χ0) is 12.0. The van der Waals surface area contributed by atoms with Gasteiger partial charge in [-0.15, -0.1) is 0 Å². The summed E-state index contributed by atoms with van der Waals surface area (Å²) >= 11 is 3.22. The van der Waals surface area contributed by atoms with E-state index in [4.69, 9.17) is 5.11 Å². The predicted molar refractivity (Wildman–Crippen MR) is 67.2 cm³/mol. The van der Waals surface area contributed by atoms with Gasteiger partial charge in [0.2, 0.25) is 0 Å². The van der Waals surface area contributed by atoms with Gasteiger partial charge < -0.3 is 15.3 Å². The average Bonchev–Trinajstić information content (AvgIpc) is 2.29. The van der Waals surface area contributed by atoms with E-state index in [1.807, 2.05) is 6.26 Å². The van der Waals surface area contributed by atoms with E-state index in [0.717, 1.165) is 11.5 Å². The van der Waals surface area contributed by atoms with E-state index in [2.05, 4.69) is 5.32 Å². The van der Waals surface area contributed by atoms with Crippen LogP contribution >= 0.6 is 23.5 Å². The van der Waals surface area contributed by atoms with Crippen molar-refractivity contribution in [2.75, 3.05) is 36.6 Å². The largest absolute Gasteiger partial charge is 0.480 e. The van der Waals surface area contributed by atoms with Gasteiger partial charge in [0.15, 0.2) is 0 Å². The summed E-state index contributed by atoms with van der Waals surface area (Å²) in [6.45, 7) is 1.09. The van der Waals surface area contributed by atoms with Crippen molar-refractivity contribution in [3.05, 3.63) is 0 Å². The van der Waals surface area contributed by atoms with E-state index >= 15 is 0 Å². The number of hydrogen-bond donors (Lipinski definition) is 2. The van der Waals surface area contributed by atoms with Crippen LogP contribution in [0.25, 0.3) is 0 Å². The standard InChI is InChI=1S/C9H16N2O3S2/c1-15-4-2-10-9(14)11-3-5-16-6-7(11)8(12)13/h7H,2-6H2,1H3,(H,10,14)(H,12,13). The number of carbonyl (C=O) groups is 2. The second kappa shape index (κ2) is 6.90. The molecule has 2 N–H and O–H groups in total. The van der Waals surface area contributed by atoms with Crippen molar-refractivity contribution >= 4 is 35.5 Å². The number of nitrogens with one attached hydrogen (secondary N) is 1. The number of thioether (sulfide) groups is 2. The quantitative estimate of drug-likeness (QED) is 0.726. The smallest absolute Gasteiger partial charge is 0.327 e. The summed E-state index contributed by atoms with van der Waals surface area (Å²) in [7, 11) is 0. The Morgan fingerprint density at radius 2 is 2.38 bits per heavy atom. The maximum Gasteiger partial charge on any atom is 0.327 e. The van der Waals surface area contributed by atoms with Crippen LogP contribution in [0.5, 0.6) is 0 Å². The Kier molecular flexibility index (Phi) is 5.83. The number of rotatable bonds is 4. The third-order valence-electron chi connectivity index (χ3n) is 2.26. The third kappa shape index (κ3) is 3.79. The summed E-state index contributed by atoms with van der Waals surface area (Å²) in [6, 6.07) is -0.949. The summed E-state index contributed by atoms with van der Waals surface area (Å²) in [6.07, 6.45) is 1.96. The monoisotopic (exact) mass is 264 g/mol. The van der Waals surface area contributed by atoms with Crippen LogP contribution < -0.4 is 5.32 Å². The molecule has 1 aliphatic rings. The first kappa shape index (κ1) is 13.5. The van der Waals surface area contributed by atoms with Gasteiger partial charge in [-0.1, -0.05) is 0 Å². The SMILES string of the molecule is CSCCNC(=O)N1CCSCC1C(=O)O. The maximum absolute atomic E-state index is 11.7. The van der Waals surface area contributed by atoms with E-state index in [0.29, 0.717) is 18.8 Å². The van der Waals surface area contributed by atoms with Crippen molar-refractivity contribution in [2.24, 2.45) is 0 Å². The highest BCUT2D eigenvalue weighted by atomic mass is 32.2. The predicted octanol–water partition coefficient (Wildman–Crippen LogP) is 0.561. The van der Waals surface area contributed by atoms with Crippen molar-refractivity contribution in [1.82, 2.24) is 10.2 Å². The highest BCUT2D eigenvalue weighted by Crippen LogP contribution is 2.16. The maximum atomic E-state index is 11.7. The lowest BCUT2D eigenvalue weighted by Crippen LogP contribution is -2.54. The summed E-state index contributed by atoms with van der Waals surface area (Å²) in [5, 5.41) is 11.7. The number of hydrogen-bond acceptors (Lipinski definition) is 4. The first-order chi connectivity index (χ1) is 7.66. The van der Waals surface area contributed by atoms with Crippen LogP contribution in [0.15, 0.2) is 0 Å². The minimum absolute atomic E-state index is 0.262. The minimum atomic E-state index is -0.924. The molecule has 0 bridgehead atoms. The molecule has 0 radical (unpaired) electrons. The van der Waals surface area contributed by atoms with Crippen molar-refractivity contribution in [3.8, 4) is 0 Å². The molecule has 0 aromatic carbocycles. The van der Waals surface area contributed by atoms with Crippen molar-refractivity contribution in [2.45, 2.75) is 6.04 Å². The Bertz CT molecular complexity index is 263. The van der Waals surface area contributed by atoms with Gasteiger partial charge in [-0.3, -0.25) is 0 Å². The van der Waals surface area contributed by atoms with E-state index in [1.165, 1.54) is 4.90 Å². The first-order valence-electron chi connectivity index (χ1n) is 5.00. The second-order valence-corrected chi connectivity index (χ2v) is 5.48. The second-order valence-electron chi connectivity index (χ2n) is 3.35.